The van der Waals surface area contributed by atoms with Crippen LogP contribution >= 0.6 is 11.6 Å². The van der Waals surface area contributed by atoms with Crippen molar-refractivity contribution >= 4 is 29.3 Å². The van der Waals surface area contributed by atoms with Crippen LogP contribution in [0.3, 0.4) is 0 Å². The molecule has 5 heteroatoms. The third-order valence-corrected chi connectivity index (χ3v) is 4.23. The molecule has 1 aromatic rings. The van der Waals surface area contributed by atoms with E-state index in [2.05, 4.69) is 23.9 Å². The van der Waals surface area contributed by atoms with Crippen LogP contribution in [0.5, 0.6) is 0 Å². The summed E-state index contributed by atoms with van der Waals surface area (Å²) >= 11 is 6.34. The third kappa shape index (κ3) is 4.22. The second-order valence-electron chi connectivity index (χ2n) is 5.56. The number of piperidine rings is 1. The predicted molar refractivity (Wildman–Crippen MR) is 87.0 cm³/mol. The van der Waals surface area contributed by atoms with Crippen molar-refractivity contribution in [3.63, 3.8) is 0 Å². The Kier molecular flexibility index (Phi) is 5.26. The molecular weight excluding hydrogens is 288 g/mol. The molecule has 0 amide bonds. The molecule has 0 aliphatic carbocycles. The lowest BCUT2D eigenvalue weighted by atomic mass is 10.0. The maximum Gasteiger partial charge on any atom is 0.328 e. The Morgan fingerprint density at radius 2 is 2.05 bits per heavy atom. The number of benzene rings is 1. The van der Waals surface area contributed by atoms with Gasteiger partial charge in [0.1, 0.15) is 0 Å². The first-order valence-electron chi connectivity index (χ1n) is 7.09. The highest BCUT2D eigenvalue weighted by atomic mass is 35.5. The Balaban J connectivity index is 2.06. The third-order valence-electron chi connectivity index (χ3n) is 3.93. The van der Waals surface area contributed by atoms with Crippen LogP contribution in [0.2, 0.25) is 5.02 Å². The highest BCUT2D eigenvalue weighted by molar-refractivity contribution is 6.33. The quantitative estimate of drug-likeness (QED) is 0.869. The van der Waals surface area contributed by atoms with Crippen molar-refractivity contribution in [1.29, 1.82) is 0 Å². The summed E-state index contributed by atoms with van der Waals surface area (Å²) in [5, 5.41) is 9.31. The Bertz CT molecular complexity index is 535. The molecule has 0 radical (unpaired) electrons. The van der Waals surface area contributed by atoms with Gasteiger partial charge < -0.3 is 14.9 Å². The minimum absolute atomic E-state index is 0.637. The minimum atomic E-state index is -0.957. The average Bonchev–Trinajstić information content (AvgIpc) is 2.45. The van der Waals surface area contributed by atoms with Gasteiger partial charge in [0, 0.05) is 25.2 Å². The zero-order chi connectivity index (χ0) is 15.4. The second-order valence-corrected chi connectivity index (χ2v) is 5.97. The summed E-state index contributed by atoms with van der Waals surface area (Å²) in [5.74, 6) is -0.957. The number of nitrogens with zero attached hydrogens (tertiary/aromatic N) is 2. The van der Waals surface area contributed by atoms with Crippen molar-refractivity contribution in [2.75, 3.05) is 32.1 Å². The number of halogens is 1. The standard InChI is InChI=1S/C16H21ClN2O2/c1-18(2)13-7-9-19(10-8-13)15-5-3-12(11-14(15)17)4-6-16(20)21/h3-6,11,13H,7-10H2,1-2H3,(H,20,21)/b6-4+. The van der Waals surface area contributed by atoms with Gasteiger partial charge in [0.2, 0.25) is 0 Å². The molecule has 1 heterocycles. The van der Waals surface area contributed by atoms with Gasteiger partial charge in [0.25, 0.3) is 0 Å². The van der Waals surface area contributed by atoms with Gasteiger partial charge in [-0.25, -0.2) is 4.79 Å². The first-order valence-corrected chi connectivity index (χ1v) is 7.47. The Morgan fingerprint density at radius 3 is 2.57 bits per heavy atom. The molecule has 2 rings (SSSR count). The zero-order valence-corrected chi connectivity index (χ0v) is 13.2. The fraction of sp³-hybridized carbons (Fsp3) is 0.438. The van der Waals surface area contributed by atoms with Gasteiger partial charge in [0.05, 0.1) is 10.7 Å². The molecule has 0 bridgehead atoms. The molecule has 1 aliphatic heterocycles. The van der Waals surface area contributed by atoms with E-state index in [9.17, 15) is 4.79 Å². The van der Waals surface area contributed by atoms with Crippen molar-refractivity contribution in [2.45, 2.75) is 18.9 Å². The number of anilines is 1. The highest BCUT2D eigenvalue weighted by Crippen LogP contribution is 2.30. The molecule has 114 valence electrons. The summed E-state index contributed by atoms with van der Waals surface area (Å²) in [6.45, 7) is 1.99. The van der Waals surface area contributed by atoms with Crippen LogP contribution in [0.15, 0.2) is 24.3 Å². The van der Waals surface area contributed by atoms with E-state index in [-0.39, 0.29) is 0 Å². The smallest absolute Gasteiger partial charge is 0.328 e. The van der Waals surface area contributed by atoms with Crippen LogP contribution < -0.4 is 4.90 Å². The van der Waals surface area contributed by atoms with E-state index >= 15 is 0 Å². The van der Waals surface area contributed by atoms with E-state index in [1.165, 1.54) is 0 Å². The van der Waals surface area contributed by atoms with E-state index in [0.717, 1.165) is 43.3 Å². The van der Waals surface area contributed by atoms with Crippen LogP contribution in [0.1, 0.15) is 18.4 Å². The summed E-state index contributed by atoms with van der Waals surface area (Å²) in [7, 11) is 4.24. The van der Waals surface area contributed by atoms with Crippen LogP contribution in [-0.2, 0) is 4.79 Å². The van der Waals surface area contributed by atoms with E-state index in [1.807, 2.05) is 18.2 Å². The Labute approximate surface area is 130 Å². The Hall–Kier alpha value is -1.52. The summed E-state index contributed by atoms with van der Waals surface area (Å²) in [5.41, 5.74) is 1.83. The van der Waals surface area contributed by atoms with Crippen molar-refractivity contribution in [2.24, 2.45) is 0 Å². The summed E-state index contributed by atoms with van der Waals surface area (Å²) in [6.07, 6.45) is 4.93. The van der Waals surface area contributed by atoms with E-state index in [4.69, 9.17) is 16.7 Å². The van der Waals surface area contributed by atoms with E-state index in [1.54, 1.807) is 6.08 Å². The first-order chi connectivity index (χ1) is 9.97. The van der Waals surface area contributed by atoms with Gasteiger partial charge in [-0.1, -0.05) is 17.7 Å². The molecule has 21 heavy (non-hydrogen) atoms. The van der Waals surface area contributed by atoms with Crippen molar-refractivity contribution in [1.82, 2.24) is 4.90 Å². The average molecular weight is 309 g/mol. The van der Waals surface area contributed by atoms with E-state index in [0.29, 0.717) is 11.1 Å². The molecular formula is C16H21ClN2O2. The molecule has 0 aromatic heterocycles. The number of aliphatic carboxylic acids is 1. The normalized spacial score (nSPS) is 16.9. The number of hydrogen-bond acceptors (Lipinski definition) is 3. The van der Waals surface area contributed by atoms with Gasteiger partial charge in [-0.15, -0.1) is 0 Å². The van der Waals surface area contributed by atoms with Crippen molar-refractivity contribution < 1.29 is 9.90 Å². The van der Waals surface area contributed by atoms with Gasteiger partial charge in [-0.3, -0.25) is 0 Å². The highest BCUT2D eigenvalue weighted by Gasteiger charge is 2.21. The molecule has 0 unspecified atom stereocenters. The molecule has 1 aromatic carbocycles. The fourth-order valence-electron chi connectivity index (χ4n) is 2.67. The van der Waals surface area contributed by atoms with Gasteiger partial charge in [-0.2, -0.15) is 0 Å². The van der Waals surface area contributed by atoms with Gasteiger partial charge in [-0.05, 0) is 50.7 Å². The number of carboxylic acids is 1. The predicted octanol–water partition coefficient (Wildman–Crippen LogP) is 2.97. The number of hydrogen-bond donors (Lipinski definition) is 1. The molecule has 4 nitrogen and oxygen atoms in total. The molecule has 1 aliphatic rings. The lowest BCUT2D eigenvalue weighted by molar-refractivity contribution is -0.131. The summed E-state index contributed by atoms with van der Waals surface area (Å²) in [4.78, 5) is 15.1. The lowest BCUT2D eigenvalue weighted by Crippen LogP contribution is -2.42. The molecule has 1 fully saturated rings. The lowest BCUT2D eigenvalue weighted by Gasteiger charge is -2.36. The molecule has 0 atom stereocenters. The van der Waals surface area contributed by atoms with Crippen LogP contribution in [-0.4, -0.2) is 49.2 Å². The monoisotopic (exact) mass is 308 g/mol. The van der Waals surface area contributed by atoms with Crippen LogP contribution in [0, 0.1) is 0 Å². The molecule has 1 saturated heterocycles. The maximum absolute atomic E-state index is 10.5. The topological polar surface area (TPSA) is 43.8 Å². The molecule has 1 N–H and O–H groups in total. The van der Waals surface area contributed by atoms with Crippen molar-refractivity contribution in [3.8, 4) is 0 Å². The Morgan fingerprint density at radius 1 is 1.38 bits per heavy atom. The van der Waals surface area contributed by atoms with Gasteiger partial charge in [0.15, 0.2) is 0 Å². The van der Waals surface area contributed by atoms with E-state index < -0.39 is 5.97 Å². The molecule has 0 saturated carbocycles. The van der Waals surface area contributed by atoms with Crippen LogP contribution in [0.25, 0.3) is 6.08 Å². The van der Waals surface area contributed by atoms with Crippen LogP contribution in [0.4, 0.5) is 5.69 Å². The SMILES string of the molecule is CN(C)C1CCN(c2ccc(/C=C/C(=O)O)cc2Cl)CC1. The first kappa shape index (κ1) is 15.9. The fourth-order valence-corrected chi connectivity index (χ4v) is 2.98. The zero-order valence-electron chi connectivity index (χ0n) is 12.4. The van der Waals surface area contributed by atoms with Gasteiger partial charge >= 0.3 is 5.97 Å². The number of rotatable bonds is 4. The second kappa shape index (κ2) is 6.96. The minimum Gasteiger partial charge on any atom is -0.478 e. The number of carbonyl (C=O) groups is 1. The van der Waals surface area contributed by atoms with Crippen molar-refractivity contribution in [3.05, 3.63) is 34.9 Å². The largest absolute Gasteiger partial charge is 0.478 e. The summed E-state index contributed by atoms with van der Waals surface area (Å²) < 4.78 is 0. The summed E-state index contributed by atoms with van der Waals surface area (Å²) in [6, 6.07) is 6.32. The number of carboxylic acid groups (broad SMARTS) is 1. The molecule has 0 spiro atoms. The maximum atomic E-state index is 10.5.